The minimum Gasteiger partial charge on any atom is -0.481 e. The van der Waals surface area contributed by atoms with Crippen molar-refractivity contribution in [3.63, 3.8) is 0 Å². The first-order valence-electron chi connectivity index (χ1n) is 7.36. The van der Waals surface area contributed by atoms with Crippen LogP contribution in [0.15, 0.2) is 0 Å². The lowest BCUT2D eigenvalue weighted by Crippen LogP contribution is -2.48. The van der Waals surface area contributed by atoms with Gasteiger partial charge in [0.1, 0.15) is 0 Å². The van der Waals surface area contributed by atoms with Gasteiger partial charge >= 0.3 is 5.97 Å². The summed E-state index contributed by atoms with van der Waals surface area (Å²) in [7, 11) is 0. The number of carbonyl (C=O) groups is 2. The lowest BCUT2D eigenvalue weighted by atomic mass is 9.82. The first kappa shape index (κ1) is 14.3. The van der Waals surface area contributed by atoms with Crippen LogP contribution >= 0.6 is 0 Å². The molecule has 2 aliphatic carbocycles. The summed E-state index contributed by atoms with van der Waals surface area (Å²) in [5.74, 6) is -1.23. The minimum absolute atomic E-state index is 0.00769. The van der Waals surface area contributed by atoms with Crippen LogP contribution in [0.5, 0.6) is 0 Å². The third-order valence-electron chi connectivity index (χ3n) is 4.50. The molecule has 0 aromatic heterocycles. The zero-order valence-corrected chi connectivity index (χ0v) is 11.3. The molecule has 0 radical (unpaired) electrons. The van der Waals surface area contributed by atoms with Crippen LogP contribution in [0.25, 0.3) is 0 Å². The van der Waals surface area contributed by atoms with Gasteiger partial charge < -0.3 is 16.2 Å². The van der Waals surface area contributed by atoms with Gasteiger partial charge in [0.05, 0.1) is 5.92 Å². The summed E-state index contributed by atoms with van der Waals surface area (Å²) in [5, 5.41) is 12.2. The van der Waals surface area contributed by atoms with Crippen molar-refractivity contribution in [2.75, 3.05) is 0 Å². The van der Waals surface area contributed by atoms with Gasteiger partial charge in [0.25, 0.3) is 0 Å². The molecule has 4 unspecified atom stereocenters. The number of aliphatic carboxylic acids is 1. The Kier molecular flexibility index (Phi) is 4.80. The number of carbonyl (C=O) groups excluding carboxylic acids is 1. The van der Waals surface area contributed by atoms with Crippen molar-refractivity contribution < 1.29 is 14.7 Å². The van der Waals surface area contributed by atoms with E-state index in [4.69, 9.17) is 5.73 Å². The fraction of sp³-hybridized carbons (Fsp3) is 0.857. The monoisotopic (exact) mass is 268 g/mol. The number of hydrogen-bond acceptors (Lipinski definition) is 3. The van der Waals surface area contributed by atoms with Gasteiger partial charge in [0.15, 0.2) is 0 Å². The Hall–Kier alpha value is -1.10. The quantitative estimate of drug-likeness (QED) is 0.718. The molecule has 19 heavy (non-hydrogen) atoms. The van der Waals surface area contributed by atoms with Gasteiger partial charge in [-0.2, -0.15) is 0 Å². The van der Waals surface area contributed by atoms with Crippen LogP contribution in [0.3, 0.4) is 0 Å². The van der Waals surface area contributed by atoms with Crippen LogP contribution in [-0.2, 0) is 9.59 Å². The van der Waals surface area contributed by atoms with Crippen molar-refractivity contribution in [1.82, 2.24) is 5.32 Å². The Morgan fingerprint density at radius 2 is 1.79 bits per heavy atom. The van der Waals surface area contributed by atoms with Crippen molar-refractivity contribution in [2.24, 2.45) is 17.6 Å². The van der Waals surface area contributed by atoms with Crippen LogP contribution in [0.4, 0.5) is 0 Å². The second-order valence-electron chi connectivity index (χ2n) is 5.97. The fourth-order valence-corrected chi connectivity index (χ4v) is 3.37. The maximum Gasteiger partial charge on any atom is 0.308 e. The van der Waals surface area contributed by atoms with Gasteiger partial charge in [-0.15, -0.1) is 0 Å². The maximum atomic E-state index is 12.2. The lowest BCUT2D eigenvalue weighted by molar-refractivity contribution is -0.144. The summed E-state index contributed by atoms with van der Waals surface area (Å²) in [6.45, 7) is 0. The van der Waals surface area contributed by atoms with Gasteiger partial charge in [-0.05, 0) is 32.1 Å². The molecule has 0 heterocycles. The van der Waals surface area contributed by atoms with Gasteiger partial charge in [-0.25, -0.2) is 0 Å². The van der Waals surface area contributed by atoms with E-state index in [1.165, 1.54) is 0 Å². The third-order valence-corrected chi connectivity index (χ3v) is 4.50. The summed E-state index contributed by atoms with van der Waals surface area (Å²) in [4.78, 5) is 23.4. The van der Waals surface area contributed by atoms with Crippen molar-refractivity contribution >= 4 is 11.9 Å². The Balaban J connectivity index is 1.91. The molecule has 5 heteroatoms. The summed E-state index contributed by atoms with van der Waals surface area (Å²) < 4.78 is 0. The van der Waals surface area contributed by atoms with Crippen molar-refractivity contribution in [3.05, 3.63) is 0 Å². The molecular formula is C14H24N2O3. The SMILES string of the molecule is NC1CCCC(C(=O)NC2CCCCC2C(=O)O)C1. The highest BCUT2D eigenvalue weighted by Crippen LogP contribution is 2.27. The number of nitrogens with one attached hydrogen (secondary N) is 1. The molecule has 4 N–H and O–H groups in total. The topological polar surface area (TPSA) is 92.4 Å². The van der Waals surface area contributed by atoms with E-state index in [9.17, 15) is 14.7 Å². The second kappa shape index (κ2) is 6.37. The van der Waals surface area contributed by atoms with Gasteiger partial charge in [-0.1, -0.05) is 19.3 Å². The molecule has 0 aliphatic heterocycles. The minimum atomic E-state index is -0.787. The van der Waals surface area contributed by atoms with Gasteiger partial charge in [0, 0.05) is 18.0 Å². The van der Waals surface area contributed by atoms with Crippen LogP contribution in [0, 0.1) is 11.8 Å². The number of carboxylic acids is 1. The van der Waals surface area contributed by atoms with E-state index < -0.39 is 11.9 Å². The second-order valence-corrected chi connectivity index (χ2v) is 5.97. The summed E-state index contributed by atoms with van der Waals surface area (Å²) in [6.07, 6.45) is 6.99. The zero-order chi connectivity index (χ0) is 13.8. The Morgan fingerprint density at radius 1 is 1.05 bits per heavy atom. The number of rotatable bonds is 3. The normalized spacial score (nSPS) is 35.6. The molecule has 0 saturated heterocycles. The summed E-state index contributed by atoms with van der Waals surface area (Å²) in [6, 6.07) is -0.0805. The van der Waals surface area contributed by atoms with Gasteiger partial charge in [0.2, 0.25) is 5.91 Å². The molecule has 0 bridgehead atoms. The standard InChI is InChI=1S/C14H24N2O3/c15-10-5-3-4-9(8-10)13(17)16-12-7-2-1-6-11(12)14(18)19/h9-12H,1-8,15H2,(H,16,17)(H,18,19). The molecule has 0 aromatic carbocycles. The summed E-state index contributed by atoms with van der Waals surface area (Å²) >= 11 is 0. The van der Waals surface area contributed by atoms with Crippen LogP contribution in [-0.4, -0.2) is 29.1 Å². The third kappa shape index (κ3) is 3.69. The lowest BCUT2D eigenvalue weighted by Gasteiger charge is -2.32. The maximum absolute atomic E-state index is 12.2. The number of nitrogens with two attached hydrogens (primary N) is 1. The molecule has 2 rings (SSSR count). The smallest absolute Gasteiger partial charge is 0.308 e. The highest BCUT2D eigenvalue weighted by Gasteiger charge is 2.34. The zero-order valence-electron chi connectivity index (χ0n) is 11.3. The van der Waals surface area contributed by atoms with Crippen molar-refractivity contribution in [3.8, 4) is 0 Å². The molecule has 2 aliphatic rings. The van der Waals surface area contributed by atoms with Crippen LogP contribution in [0.1, 0.15) is 51.4 Å². The molecular weight excluding hydrogens is 244 g/mol. The highest BCUT2D eigenvalue weighted by atomic mass is 16.4. The molecule has 0 spiro atoms. The summed E-state index contributed by atoms with van der Waals surface area (Å²) in [5.41, 5.74) is 5.90. The molecule has 5 nitrogen and oxygen atoms in total. The molecule has 2 saturated carbocycles. The predicted octanol–water partition coefficient (Wildman–Crippen LogP) is 1.26. The van der Waals surface area contributed by atoms with Crippen LogP contribution < -0.4 is 11.1 Å². The van der Waals surface area contributed by atoms with E-state index in [1.54, 1.807) is 0 Å². The van der Waals surface area contributed by atoms with E-state index in [-0.39, 0.29) is 23.9 Å². The fourth-order valence-electron chi connectivity index (χ4n) is 3.37. The Bertz CT molecular complexity index is 346. The molecule has 0 aromatic rings. The van der Waals surface area contributed by atoms with E-state index in [0.717, 1.165) is 44.9 Å². The molecule has 1 amide bonds. The largest absolute Gasteiger partial charge is 0.481 e. The number of amides is 1. The number of carboxylic acid groups (broad SMARTS) is 1. The molecule has 4 atom stereocenters. The molecule has 2 fully saturated rings. The van der Waals surface area contributed by atoms with Crippen molar-refractivity contribution in [1.29, 1.82) is 0 Å². The molecule has 108 valence electrons. The Labute approximate surface area is 113 Å². The van der Waals surface area contributed by atoms with E-state index >= 15 is 0 Å². The van der Waals surface area contributed by atoms with E-state index in [2.05, 4.69) is 5.32 Å². The predicted molar refractivity (Wildman–Crippen MR) is 71.5 cm³/mol. The Morgan fingerprint density at radius 3 is 2.47 bits per heavy atom. The van der Waals surface area contributed by atoms with E-state index in [0.29, 0.717) is 6.42 Å². The average Bonchev–Trinajstić information content (AvgIpc) is 2.39. The van der Waals surface area contributed by atoms with Crippen LogP contribution in [0.2, 0.25) is 0 Å². The average molecular weight is 268 g/mol. The number of hydrogen-bond donors (Lipinski definition) is 3. The first-order valence-corrected chi connectivity index (χ1v) is 7.36. The van der Waals surface area contributed by atoms with Crippen molar-refractivity contribution in [2.45, 2.75) is 63.5 Å². The van der Waals surface area contributed by atoms with E-state index in [1.807, 2.05) is 0 Å². The first-order chi connectivity index (χ1) is 9.08. The highest BCUT2D eigenvalue weighted by molar-refractivity contribution is 5.80. The van der Waals surface area contributed by atoms with Gasteiger partial charge in [-0.3, -0.25) is 9.59 Å².